The van der Waals surface area contributed by atoms with E-state index in [-0.39, 0.29) is 11.7 Å². The van der Waals surface area contributed by atoms with Gasteiger partial charge in [0.25, 0.3) is 0 Å². The van der Waals surface area contributed by atoms with Crippen molar-refractivity contribution in [2.24, 2.45) is 0 Å². The number of methoxy groups -OCH3 is 1. The van der Waals surface area contributed by atoms with Crippen LogP contribution in [0.15, 0.2) is 79.3 Å². The summed E-state index contributed by atoms with van der Waals surface area (Å²) in [6.45, 7) is 3.67. The molecule has 4 rings (SSSR count). The lowest BCUT2D eigenvalue weighted by Crippen LogP contribution is -2.19. The predicted molar refractivity (Wildman–Crippen MR) is 124 cm³/mol. The number of nitrogens with zero attached hydrogens (tertiary/aromatic N) is 2. The Morgan fingerprint density at radius 2 is 1.88 bits per heavy atom. The molecule has 1 unspecified atom stereocenters. The molecule has 162 valence electrons. The molecule has 0 radical (unpaired) electrons. The monoisotopic (exact) mass is 429 g/mol. The predicted octanol–water partition coefficient (Wildman–Crippen LogP) is 5.74. The van der Waals surface area contributed by atoms with Crippen molar-refractivity contribution < 1.29 is 13.9 Å². The summed E-state index contributed by atoms with van der Waals surface area (Å²) < 4.78 is 22.1. The van der Waals surface area contributed by atoms with Crippen LogP contribution in [0.5, 0.6) is 5.75 Å². The summed E-state index contributed by atoms with van der Waals surface area (Å²) in [5.41, 5.74) is 4.23. The Morgan fingerprint density at radius 1 is 1.09 bits per heavy atom. The minimum Gasteiger partial charge on any atom is -0.494 e. The van der Waals surface area contributed by atoms with E-state index in [2.05, 4.69) is 10.3 Å². The highest BCUT2D eigenvalue weighted by Crippen LogP contribution is 2.29. The highest BCUT2D eigenvalue weighted by atomic mass is 19.1. The van der Waals surface area contributed by atoms with Crippen LogP contribution in [0.25, 0.3) is 16.8 Å². The molecule has 1 heterocycles. The summed E-state index contributed by atoms with van der Waals surface area (Å²) in [5, 5.41) is 2.90. The average molecular weight is 429 g/mol. The zero-order valence-corrected chi connectivity index (χ0v) is 18.2. The Balaban J connectivity index is 1.52. The molecule has 3 aromatic carbocycles. The third kappa shape index (κ3) is 4.39. The van der Waals surface area contributed by atoms with Crippen molar-refractivity contribution >= 4 is 11.6 Å². The van der Waals surface area contributed by atoms with Crippen molar-refractivity contribution in [1.29, 1.82) is 0 Å². The van der Waals surface area contributed by atoms with E-state index in [1.165, 1.54) is 6.07 Å². The molecule has 0 fully saturated rings. The van der Waals surface area contributed by atoms with E-state index >= 15 is 0 Å². The van der Waals surface area contributed by atoms with E-state index in [1.807, 2.05) is 54.1 Å². The summed E-state index contributed by atoms with van der Waals surface area (Å²) in [4.78, 5) is 17.1. The van der Waals surface area contributed by atoms with Crippen LogP contribution in [0.4, 0.5) is 10.1 Å². The summed E-state index contributed by atoms with van der Waals surface area (Å²) in [6, 6.07) is 19.7. The second-order valence-electron chi connectivity index (χ2n) is 7.63. The van der Waals surface area contributed by atoms with Crippen molar-refractivity contribution in [2.45, 2.75) is 19.8 Å². The molecule has 0 aliphatic carbocycles. The zero-order chi connectivity index (χ0) is 22.7. The lowest BCUT2D eigenvalue weighted by atomic mass is 9.96. The van der Waals surface area contributed by atoms with Gasteiger partial charge in [0.2, 0.25) is 5.91 Å². The number of carbonyl (C=O) groups is 1. The fourth-order valence-electron chi connectivity index (χ4n) is 3.58. The normalized spacial score (nSPS) is 11.8. The summed E-state index contributed by atoms with van der Waals surface area (Å²) in [7, 11) is 1.58. The van der Waals surface area contributed by atoms with E-state index in [0.717, 1.165) is 16.9 Å². The highest BCUT2D eigenvalue weighted by molar-refractivity contribution is 5.96. The van der Waals surface area contributed by atoms with Gasteiger partial charge in [0.15, 0.2) is 0 Å². The third-order valence-corrected chi connectivity index (χ3v) is 5.41. The maximum Gasteiger partial charge on any atom is 0.231 e. The number of hydrogen-bond donors (Lipinski definition) is 1. The first-order valence-corrected chi connectivity index (χ1v) is 10.3. The fraction of sp³-hybridized carbons (Fsp3) is 0.154. The molecule has 32 heavy (non-hydrogen) atoms. The van der Waals surface area contributed by atoms with Gasteiger partial charge in [-0.3, -0.25) is 4.79 Å². The number of amides is 1. The Hall–Kier alpha value is -3.93. The van der Waals surface area contributed by atoms with Gasteiger partial charge in [0.05, 0.1) is 30.7 Å². The van der Waals surface area contributed by atoms with Crippen LogP contribution in [0.1, 0.15) is 24.1 Å². The molecule has 1 atom stereocenters. The number of hydrogen-bond acceptors (Lipinski definition) is 3. The van der Waals surface area contributed by atoms with Gasteiger partial charge < -0.3 is 14.6 Å². The number of rotatable bonds is 6. The van der Waals surface area contributed by atoms with Crippen LogP contribution < -0.4 is 10.1 Å². The SMILES string of the molecule is COc1cc(NC(=O)C(C)c2ccc(-c3ccccc3)c(F)c2)ccc1-n1cnc(C)c1. The average Bonchev–Trinajstić information content (AvgIpc) is 3.24. The molecular formula is C26H24FN3O2. The second kappa shape index (κ2) is 9.06. The molecule has 6 heteroatoms. The lowest BCUT2D eigenvalue weighted by molar-refractivity contribution is -0.117. The first-order chi connectivity index (χ1) is 15.5. The van der Waals surface area contributed by atoms with Gasteiger partial charge in [0, 0.05) is 23.5 Å². The standard InChI is InChI=1S/C26H24FN3O2/c1-17-15-30(16-28-17)24-12-10-21(14-25(24)32-3)29-26(31)18(2)20-9-11-22(23(27)13-20)19-7-5-4-6-8-19/h4-16,18H,1-3H3,(H,29,31). The lowest BCUT2D eigenvalue weighted by Gasteiger charge is -2.16. The van der Waals surface area contributed by atoms with Gasteiger partial charge in [-0.25, -0.2) is 9.37 Å². The topological polar surface area (TPSA) is 56.1 Å². The summed E-state index contributed by atoms with van der Waals surface area (Å²) in [6.07, 6.45) is 3.60. The van der Waals surface area contributed by atoms with E-state index in [0.29, 0.717) is 22.6 Å². The van der Waals surface area contributed by atoms with Crippen molar-refractivity contribution in [3.8, 4) is 22.6 Å². The van der Waals surface area contributed by atoms with Crippen molar-refractivity contribution in [2.75, 3.05) is 12.4 Å². The number of imidazole rings is 1. The molecule has 4 aromatic rings. The number of aromatic nitrogens is 2. The molecule has 0 saturated heterocycles. The number of halogens is 1. The first kappa shape index (κ1) is 21.3. The maximum atomic E-state index is 14.7. The van der Waals surface area contributed by atoms with Crippen LogP contribution >= 0.6 is 0 Å². The van der Waals surface area contributed by atoms with Gasteiger partial charge in [-0.2, -0.15) is 0 Å². The Morgan fingerprint density at radius 3 is 2.53 bits per heavy atom. The molecule has 1 N–H and O–H groups in total. The van der Waals surface area contributed by atoms with E-state index in [9.17, 15) is 9.18 Å². The number of ether oxygens (including phenoxy) is 1. The van der Waals surface area contributed by atoms with Crippen LogP contribution in [0.2, 0.25) is 0 Å². The minimum atomic E-state index is -0.531. The molecule has 0 bridgehead atoms. The maximum absolute atomic E-state index is 14.7. The largest absolute Gasteiger partial charge is 0.494 e. The van der Waals surface area contributed by atoms with Gasteiger partial charge in [-0.05, 0) is 43.2 Å². The molecule has 1 amide bonds. The van der Waals surface area contributed by atoms with Crippen molar-refractivity contribution in [3.05, 3.63) is 96.3 Å². The number of aryl methyl sites for hydroxylation is 1. The van der Waals surface area contributed by atoms with Gasteiger partial charge in [0.1, 0.15) is 11.6 Å². The van der Waals surface area contributed by atoms with E-state index < -0.39 is 5.92 Å². The molecule has 0 saturated carbocycles. The molecule has 5 nitrogen and oxygen atoms in total. The zero-order valence-electron chi connectivity index (χ0n) is 18.2. The van der Waals surface area contributed by atoms with Gasteiger partial charge in [-0.1, -0.05) is 42.5 Å². The Labute approximate surface area is 186 Å². The van der Waals surface area contributed by atoms with E-state index in [1.54, 1.807) is 44.6 Å². The smallest absolute Gasteiger partial charge is 0.231 e. The quantitative estimate of drug-likeness (QED) is 0.425. The second-order valence-corrected chi connectivity index (χ2v) is 7.63. The first-order valence-electron chi connectivity index (χ1n) is 10.3. The summed E-state index contributed by atoms with van der Waals surface area (Å²) in [5.74, 6) is -0.512. The molecule has 0 aliphatic rings. The number of carbonyl (C=O) groups excluding carboxylic acids is 1. The Kier molecular flexibility index (Phi) is 6.03. The van der Waals surface area contributed by atoms with Crippen LogP contribution in [0.3, 0.4) is 0 Å². The van der Waals surface area contributed by atoms with Crippen molar-refractivity contribution in [3.63, 3.8) is 0 Å². The van der Waals surface area contributed by atoms with Gasteiger partial charge >= 0.3 is 0 Å². The highest BCUT2D eigenvalue weighted by Gasteiger charge is 2.18. The Bertz CT molecular complexity index is 1250. The van der Waals surface area contributed by atoms with Crippen LogP contribution in [-0.4, -0.2) is 22.6 Å². The molecule has 1 aromatic heterocycles. The number of nitrogens with one attached hydrogen (secondary N) is 1. The fourth-order valence-corrected chi connectivity index (χ4v) is 3.58. The van der Waals surface area contributed by atoms with Crippen molar-refractivity contribution in [1.82, 2.24) is 9.55 Å². The number of anilines is 1. The van der Waals surface area contributed by atoms with Gasteiger partial charge in [-0.15, -0.1) is 0 Å². The number of benzene rings is 3. The van der Waals surface area contributed by atoms with E-state index in [4.69, 9.17) is 4.74 Å². The summed E-state index contributed by atoms with van der Waals surface area (Å²) >= 11 is 0. The minimum absolute atomic E-state index is 0.231. The van der Waals surface area contributed by atoms with Crippen LogP contribution in [-0.2, 0) is 4.79 Å². The molecule has 0 spiro atoms. The molecular weight excluding hydrogens is 405 g/mol. The molecule has 0 aliphatic heterocycles. The van der Waals surface area contributed by atoms with Crippen LogP contribution in [0, 0.1) is 12.7 Å². The third-order valence-electron chi connectivity index (χ3n) is 5.41.